The topological polar surface area (TPSA) is 0 Å². The van der Waals surface area contributed by atoms with E-state index in [-0.39, 0.29) is 7.43 Å². The van der Waals surface area contributed by atoms with E-state index in [1.165, 1.54) is 66.8 Å². The lowest BCUT2D eigenvalue weighted by molar-refractivity contribution is 1.56. The van der Waals surface area contributed by atoms with Crippen LogP contribution in [0.5, 0.6) is 0 Å². The van der Waals surface area contributed by atoms with Crippen molar-refractivity contribution in [2.75, 3.05) is 0 Å². The van der Waals surface area contributed by atoms with Gasteiger partial charge in [0.2, 0.25) is 0 Å². The fourth-order valence-electron chi connectivity index (χ4n) is 6.63. The normalized spacial score (nSPS) is 9.95. The minimum Gasteiger partial charge on any atom is -0.115 e. The van der Waals surface area contributed by atoms with Crippen LogP contribution in [-0.4, -0.2) is 0 Å². The van der Waals surface area contributed by atoms with Crippen LogP contribution in [0.15, 0.2) is 249 Å². The highest BCUT2D eigenvalue weighted by Crippen LogP contribution is 2.36. The SMILES string of the molecule is C.C#Cc1ccccc1.c1ccc(-c2cc(-c3ccccc3)cc(-c3ccccc3)c2)cc1.c1ccc(-c2ccc(-c3ccccc3)c(-c3ccccc3)c2)cc1. The van der Waals surface area contributed by atoms with Gasteiger partial charge in [-0.1, -0.05) is 226 Å². The fraction of sp³-hybridized carbons (Fsp3) is 0.0175. The highest BCUT2D eigenvalue weighted by atomic mass is 14.1. The van der Waals surface area contributed by atoms with E-state index in [4.69, 9.17) is 6.42 Å². The molecule has 9 aromatic carbocycles. The van der Waals surface area contributed by atoms with Crippen molar-refractivity contribution < 1.29 is 0 Å². The molecule has 0 spiro atoms. The van der Waals surface area contributed by atoms with E-state index in [1.807, 2.05) is 30.3 Å². The second kappa shape index (κ2) is 20.3. The minimum absolute atomic E-state index is 0. The van der Waals surface area contributed by atoms with Crippen molar-refractivity contribution in [3.8, 4) is 79.1 Å². The number of terminal acetylenes is 1. The van der Waals surface area contributed by atoms with E-state index in [0.29, 0.717) is 0 Å². The summed E-state index contributed by atoms with van der Waals surface area (Å²) in [6.07, 6.45) is 5.10. The number of hydrogen-bond acceptors (Lipinski definition) is 0. The van der Waals surface area contributed by atoms with Gasteiger partial charge in [0.25, 0.3) is 0 Å². The molecule has 0 saturated heterocycles. The van der Waals surface area contributed by atoms with Crippen LogP contribution in [0, 0.1) is 12.3 Å². The average molecular weight is 731 g/mol. The summed E-state index contributed by atoms with van der Waals surface area (Å²) in [6.45, 7) is 0. The van der Waals surface area contributed by atoms with E-state index in [1.54, 1.807) is 0 Å². The Bertz CT molecular complexity index is 2430. The molecule has 0 heteroatoms. The van der Waals surface area contributed by atoms with Crippen molar-refractivity contribution in [3.63, 3.8) is 0 Å². The molecule has 0 aromatic heterocycles. The van der Waals surface area contributed by atoms with Gasteiger partial charge in [-0.25, -0.2) is 0 Å². The Morgan fingerprint density at radius 1 is 0.228 bits per heavy atom. The zero-order valence-corrected chi connectivity index (χ0v) is 31.2. The van der Waals surface area contributed by atoms with Gasteiger partial charge in [0.05, 0.1) is 0 Å². The molecular weight excluding hydrogens is 685 g/mol. The predicted octanol–water partition coefficient (Wildman–Crippen LogP) is 15.7. The summed E-state index contributed by atoms with van der Waals surface area (Å²) >= 11 is 0. The van der Waals surface area contributed by atoms with Crippen molar-refractivity contribution in [1.82, 2.24) is 0 Å². The molecule has 0 aliphatic heterocycles. The summed E-state index contributed by atoms with van der Waals surface area (Å²) in [4.78, 5) is 0. The molecule has 9 rings (SSSR count). The van der Waals surface area contributed by atoms with Gasteiger partial charge < -0.3 is 0 Å². The summed E-state index contributed by atoms with van der Waals surface area (Å²) in [7, 11) is 0. The first-order valence-corrected chi connectivity index (χ1v) is 18.9. The Balaban J connectivity index is 0.000000159. The first-order chi connectivity index (χ1) is 27.7. The second-order valence-electron chi connectivity index (χ2n) is 13.3. The molecule has 0 heterocycles. The predicted molar refractivity (Wildman–Crippen MR) is 247 cm³/mol. The van der Waals surface area contributed by atoms with Gasteiger partial charge in [-0.3, -0.25) is 0 Å². The van der Waals surface area contributed by atoms with Crippen molar-refractivity contribution in [1.29, 1.82) is 0 Å². The second-order valence-corrected chi connectivity index (χ2v) is 13.3. The van der Waals surface area contributed by atoms with E-state index in [0.717, 1.165) is 5.56 Å². The Hall–Kier alpha value is -7.46. The van der Waals surface area contributed by atoms with Crippen molar-refractivity contribution in [2.45, 2.75) is 7.43 Å². The third kappa shape index (κ3) is 10.6. The van der Waals surface area contributed by atoms with E-state index >= 15 is 0 Å². The molecule has 0 atom stereocenters. The Morgan fingerprint density at radius 3 is 0.825 bits per heavy atom. The van der Waals surface area contributed by atoms with Crippen LogP contribution in [0.4, 0.5) is 0 Å². The molecule has 0 unspecified atom stereocenters. The molecule has 0 saturated carbocycles. The fourth-order valence-corrected chi connectivity index (χ4v) is 6.63. The Labute approximate surface area is 339 Å². The molecule has 0 radical (unpaired) electrons. The monoisotopic (exact) mass is 730 g/mol. The highest BCUT2D eigenvalue weighted by Gasteiger charge is 2.10. The van der Waals surface area contributed by atoms with Crippen LogP contribution >= 0.6 is 0 Å². The summed E-state index contributed by atoms with van der Waals surface area (Å²) in [5.74, 6) is 2.53. The third-order valence-electron chi connectivity index (χ3n) is 9.49. The van der Waals surface area contributed by atoms with Gasteiger partial charge in [0, 0.05) is 5.56 Å². The van der Waals surface area contributed by atoms with Gasteiger partial charge in [-0.15, -0.1) is 6.42 Å². The quantitative estimate of drug-likeness (QED) is 0.149. The van der Waals surface area contributed by atoms with Gasteiger partial charge in [-0.05, 0) is 103 Å². The summed E-state index contributed by atoms with van der Waals surface area (Å²) < 4.78 is 0. The highest BCUT2D eigenvalue weighted by molar-refractivity contribution is 5.87. The van der Waals surface area contributed by atoms with Gasteiger partial charge in [-0.2, -0.15) is 0 Å². The van der Waals surface area contributed by atoms with E-state index < -0.39 is 0 Å². The molecule has 274 valence electrons. The standard InChI is InChI=1S/2C24H18.C8H6.CH4/c1-4-10-19(11-5-1)22-16-23(20-12-6-2-7-13-20)18-24(17-22)21-14-8-3-9-15-21;1-4-10-19(11-5-1)22-16-17-23(20-12-6-2-7-13-20)24(18-22)21-14-8-3-9-15-21;1-2-8-6-4-3-5-7-8;/h2*1-18H;1,3-7H;1H4. The van der Waals surface area contributed by atoms with Crippen molar-refractivity contribution >= 4 is 0 Å². The molecule has 0 aliphatic rings. The Kier molecular flexibility index (Phi) is 14.0. The molecule has 9 aromatic rings. The smallest absolute Gasteiger partial charge is 0.0242 e. The Morgan fingerprint density at radius 2 is 0.509 bits per heavy atom. The first-order valence-electron chi connectivity index (χ1n) is 18.9. The largest absolute Gasteiger partial charge is 0.115 e. The van der Waals surface area contributed by atoms with Crippen LogP contribution in [-0.2, 0) is 0 Å². The zero-order chi connectivity index (χ0) is 38.2. The van der Waals surface area contributed by atoms with E-state index in [2.05, 4.69) is 224 Å². The molecule has 0 bridgehead atoms. The lowest BCUT2D eigenvalue weighted by Crippen LogP contribution is -1.87. The molecule has 0 aliphatic carbocycles. The van der Waals surface area contributed by atoms with Crippen LogP contribution in [0.25, 0.3) is 66.8 Å². The average Bonchev–Trinajstić information content (AvgIpc) is 3.31. The van der Waals surface area contributed by atoms with Gasteiger partial charge >= 0.3 is 0 Å². The third-order valence-corrected chi connectivity index (χ3v) is 9.49. The van der Waals surface area contributed by atoms with Gasteiger partial charge in [0.1, 0.15) is 0 Å². The lowest BCUT2D eigenvalue weighted by atomic mass is 9.91. The van der Waals surface area contributed by atoms with Crippen LogP contribution in [0.1, 0.15) is 13.0 Å². The molecule has 57 heavy (non-hydrogen) atoms. The number of hydrogen-bond donors (Lipinski definition) is 0. The number of benzene rings is 9. The minimum atomic E-state index is 0. The number of rotatable bonds is 6. The maximum absolute atomic E-state index is 5.10. The zero-order valence-electron chi connectivity index (χ0n) is 31.2. The van der Waals surface area contributed by atoms with Crippen molar-refractivity contribution in [3.05, 3.63) is 254 Å². The molecule has 0 nitrogen and oxygen atoms in total. The molecule has 0 fully saturated rings. The van der Waals surface area contributed by atoms with Crippen LogP contribution < -0.4 is 0 Å². The van der Waals surface area contributed by atoms with Crippen LogP contribution in [0.3, 0.4) is 0 Å². The maximum Gasteiger partial charge on any atom is 0.0242 e. The van der Waals surface area contributed by atoms with Gasteiger partial charge in [0.15, 0.2) is 0 Å². The lowest BCUT2D eigenvalue weighted by Gasteiger charge is -2.13. The summed E-state index contributed by atoms with van der Waals surface area (Å²) in [5, 5.41) is 0. The maximum atomic E-state index is 5.10. The summed E-state index contributed by atoms with van der Waals surface area (Å²) in [5.41, 5.74) is 15.9. The molecule has 0 N–H and O–H groups in total. The molecular formula is C57H46. The summed E-state index contributed by atoms with van der Waals surface area (Å²) in [6, 6.07) is 86.6. The first kappa shape index (κ1) is 39.2. The van der Waals surface area contributed by atoms with E-state index in [9.17, 15) is 0 Å². The van der Waals surface area contributed by atoms with Crippen LogP contribution in [0.2, 0.25) is 0 Å². The van der Waals surface area contributed by atoms with Crippen molar-refractivity contribution in [2.24, 2.45) is 0 Å². The molecule has 0 amide bonds.